The third-order valence-electron chi connectivity index (χ3n) is 7.80. The lowest BCUT2D eigenvalue weighted by Gasteiger charge is -2.45. The normalized spacial score (nSPS) is 23.4. The van der Waals surface area contributed by atoms with Gasteiger partial charge in [0, 0.05) is 87.8 Å². The highest BCUT2D eigenvalue weighted by molar-refractivity contribution is 5.95. The lowest BCUT2D eigenvalue weighted by molar-refractivity contribution is -0.0434. The predicted octanol–water partition coefficient (Wildman–Crippen LogP) is 3.21. The largest absolute Gasteiger partial charge is 0.370 e. The monoisotopic (exact) mass is 482 g/mol. The molecule has 0 saturated carbocycles. The fourth-order valence-electron chi connectivity index (χ4n) is 5.96. The van der Waals surface area contributed by atoms with Gasteiger partial charge in [-0.2, -0.15) is 5.26 Å². The van der Waals surface area contributed by atoms with E-state index < -0.39 is 0 Å². The van der Waals surface area contributed by atoms with Crippen LogP contribution in [0.1, 0.15) is 24.0 Å². The van der Waals surface area contributed by atoms with Gasteiger partial charge in [0.2, 0.25) is 0 Å². The van der Waals surface area contributed by atoms with Crippen molar-refractivity contribution in [1.29, 1.82) is 5.26 Å². The molecule has 2 aromatic carbocycles. The summed E-state index contributed by atoms with van der Waals surface area (Å²) in [5.41, 5.74) is 5.33. The van der Waals surface area contributed by atoms with Crippen molar-refractivity contribution in [2.45, 2.75) is 25.0 Å². The van der Waals surface area contributed by atoms with E-state index in [2.05, 4.69) is 74.4 Å². The second-order valence-electron chi connectivity index (χ2n) is 10.4. The number of benzene rings is 2. The van der Waals surface area contributed by atoms with E-state index in [-0.39, 0.29) is 12.2 Å². The Morgan fingerprint density at radius 2 is 1.81 bits per heavy atom. The van der Waals surface area contributed by atoms with E-state index in [0.717, 1.165) is 75.5 Å². The van der Waals surface area contributed by atoms with Gasteiger partial charge in [-0.3, -0.25) is 9.88 Å². The lowest BCUT2D eigenvalue weighted by atomic mass is 9.91. The molecular formula is C29H34N6O. The molecule has 4 heterocycles. The molecule has 3 fully saturated rings. The molecule has 3 saturated heterocycles. The zero-order valence-electron chi connectivity index (χ0n) is 20.9. The van der Waals surface area contributed by atoms with Crippen LogP contribution in [0.5, 0.6) is 0 Å². The summed E-state index contributed by atoms with van der Waals surface area (Å²) in [4.78, 5) is 11.9. The summed E-state index contributed by atoms with van der Waals surface area (Å²) in [6.45, 7) is 11.3. The summed E-state index contributed by atoms with van der Waals surface area (Å²) >= 11 is 0. The van der Waals surface area contributed by atoms with Gasteiger partial charge in [-0.25, -0.2) is 0 Å². The number of fused-ring (bicyclic) bond motifs is 1. The lowest BCUT2D eigenvalue weighted by Crippen LogP contribution is -2.55. The van der Waals surface area contributed by atoms with Crippen LogP contribution in [0, 0.1) is 11.3 Å². The zero-order valence-corrected chi connectivity index (χ0v) is 20.9. The van der Waals surface area contributed by atoms with Gasteiger partial charge in [-0.05, 0) is 48.9 Å². The smallest absolute Gasteiger partial charge is 0.101 e. The molecule has 2 unspecified atom stereocenters. The summed E-state index contributed by atoms with van der Waals surface area (Å²) in [5, 5.41) is 14.0. The second kappa shape index (κ2) is 10.1. The highest BCUT2D eigenvalue weighted by Crippen LogP contribution is 2.32. The third-order valence-corrected chi connectivity index (χ3v) is 7.80. The first-order chi connectivity index (χ1) is 17.7. The van der Waals surface area contributed by atoms with Crippen molar-refractivity contribution >= 4 is 22.3 Å². The van der Waals surface area contributed by atoms with Crippen LogP contribution in [-0.2, 0) is 4.74 Å². The van der Waals surface area contributed by atoms with E-state index in [9.17, 15) is 5.26 Å². The molecule has 3 aliphatic heterocycles. The maximum atomic E-state index is 9.50. The number of pyridine rings is 1. The number of likely N-dealkylation sites (tertiary alicyclic amines) is 1. The molecule has 3 aromatic rings. The SMILES string of the molecule is CC1CN(c2ccc(C#N)c3ncccc23)CC(CN2CC(c3ccc(N4CCNCC4)cc3)C2)O1. The number of aromatic nitrogens is 1. The number of morpholine rings is 1. The van der Waals surface area contributed by atoms with Crippen molar-refractivity contribution in [3.63, 3.8) is 0 Å². The molecule has 0 spiro atoms. The number of ether oxygens (including phenoxy) is 1. The van der Waals surface area contributed by atoms with Crippen LogP contribution >= 0.6 is 0 Å². The maximum Gasteiger partial charge on any atom is 0.101 e. The first kappa shape index (κ1) is 23.2. The van der Waals surface area contributed by atoms with E-state index in [0.29, 0.717) is 11.5 Å². The number of piperazine rings is 1. The van der Waals surface area contributed by atoms with Crippen molar-refractivity contribution in [1.82, 2.24) is 15.2 Å². The molecule has 0 aliphatic carbocycles. The average molecular weight is 483 g/mol. The third kappa shape index (κ3) is 4.64. The van der Waals surface area contributed by atoms with Crippen molar-refractivity contribution in [3.05, 3.63) is 65.9 Å². The molecule has 0 amide bonds. The quantitative estimate of drug-likeness (QED) is 0.599. The van der Waals surface area contributed by atoms with E-state index >= 15 is 0 Å². The number of anilines is 2. The standard InChI is InChI=1S/C29H34N6O/c1-21-16-35(28-9-6-23(15-30)29-27(28)3-2-10-32-29)20-26(36-21)19-33-17-24(18-33)22-4-7-25(8-5-22)34-13-11-31-12-14-34/h2-10,21,24,26,31H,11-14,16-20H2,1H3. The molecule has 36 heavy (non-hydrogen) atoms. The van der Waals surface area contributed by atoms with Gasteiger partial charge in [0.05, 0.1) is 23.3 Å². The highest BCUT2D eigenvalue weighted by Gasteiger charge is 2.33. The second-order valence-corrected chi connectivity index (χ2v) is 10.4. The van der Waals surface area contributed by atoms with E-state index in [1.165, 1.54) is 11.3 Å². The Labute approximate surface area is 213 Å². The Hall–Kier alpha value is -3.18. The van der Waals surface area contributed by atoms with Crippen molar-refractivity contribution in [3.8, 4) is 6.07 Å². The maximum absolute atomic E-state index is 9.50. The van der Waals surface area contributed by atoms with Gasteiger partial charge in [0.25, 0.3) is 0 Å². The summed E-state index contributed by atoms with van der Waals surface area (Å²) in [6.07, 6.45) is 2.07. The summed E-state index contributed by atoms with van der Waals surface area (Å²) in [7, 11) is 0. The van der Waals surface area contributed by atoms with E-state index in [1.807, 2.05) is 12.1 Å². The van der Waals surface area contributed by atoms with E-state index in [4.69, 9.17) is 4.74 Å². The Morgan fingerprint density at radius 1 is 1.00 bits per heavy atom. The van der Waals surface area contributed by atoms with Crippen molar-refractivity contribution in [2.75, 3.05) is 68.7 Å². The van der Waals surface area contributed by atoms with Gasteiger partial charge in [-0.15, -0.1) is 0 Å². The minimum Gasteiger partial charge on any atom is -0.370 e. The number of nitrogens with one attached hydrogen (secondary N) is 1. The van der Waals surface area contributed by atoms with Gasteiger partial charge < -0.3 is 19.9 Å². The number of hydrogen-bond acceptors (Lipinski definition) is 7. The number of nitrogens with zero attached hydrogens (tertiary/aromatic N) is 5. The highest BCUT2D eigenvalue weighted by atomic mass is 16.5. The van der Waals surface area contributed by atoms with Gasteiger partial charge in [0.15, 0.2) is 0 Å². The molecule has 1 aromatic heterocycles. The number of rotatable bonds is 5. The molecule has 186 valence electrons. The summed E-state index contributed by atoms with van der Waals surface area (Å²) in [5.74, 6) is 0.604. The Bertz CT molecular complexity index is 1240. The molecule has 7 nitrogen and oxygen atoms in total. The van der Waals surface area contributed by atoms with Crippen LogP contribution in [-0.4, -0.2) is 81.0 Å². The van der Waals surface area contributed by atoms with Crippen LogP contribution in [0.2, 0.25) is 0 Å². The van der Waals surface area contributed by atoms with Crippen LogP contribution in [0.3, 0.4) is 0 Å². The topological polar surface area (TPSA) is 67.7 Å². The zero-order chi connectivity index (χ0) is 24.5. The van der Waals surface area contributed by atoms with Gasteiger partial charge in [-0.1, -0.05) is 12.1 Å². The minimum atomic E-state index is 0.153. The summed E-state index contributed by atoms with van der Waals surface area (Å²) < 4.78 is 6.36. The van der Waals surface area contributed by atoms with E-state index in [1.54, 1.807) is 6.20 Å². The molecule has 1 N–H and O–H groups in total. The molecule has 2 atom stereocenters. The summed E-state index contributed by atoms with van der Waals surface area (Å²) in [6, 6.07) is 19.5. The van der Waals surface area contributed by atoms with Crippen LogP contribution in [0.15, 0.2) is 54.7 Å². The predicted molar refractivity (Wildman–Crippen MR) is 144 cm³/mol. The first-order valence-electron chi connectivity index (χ1n) is 13.1. The minimum absolute atomic E-state index is 0.153. The molecule has 0 bridgehead atoms. The fraction of sp³-hybridized carbons (Fsp3) is 0.448. The Morgan fingerprint density at radius 3 is 2.58 bits per heavy atom. The van der Waals surface area contributed by atoms with Gasteiger partial charge >= 0.3 is 0 Å². The molecule has 0 radical (unpaired) electrons. The molecule has 3 aliphatic rings. The Balaban J connectivity index is 1.08. The Kier molecular flexibility index (Phi) is 6.49. The molecule has 7 heteroatoms. The van der Waals surface area contributed by atoms with Crippen LogP contribution in [0.25, 0.3) is 10.9 Å². The van der Waals surface area contributed by atoms with Crippen LogP contribution in [0.4, 0.5) is 11.4 Å². The molecular weight excluding hydrogens is 448 g/mol. The first-order valence-corrected chi connectivity index (χ1v) is 13.1. The van der Waals surface area contributed by atoms with Crippen molar-refractivity contribution in [2.24, 2.45) is 0 Å². The fourth-order valence-corrected chi connectivity index (χ4v) is 5.96. The average Bonchev–Trinajstić information content (AvgIpc) is 2.90. The van der Waals surface area contributed by atoms with Crippen molar-refractivity contribution < 1.29 is 4.74 Å². The van der Waals surface area contributed by atoms with Crippen LogP contribution < -0.4 is 15.1 Å². The molecule has 6 rings (SSSR count). The number of hydrogen-bond donors (Lipinski definition) is 1. The van der Waals surface area contributed by atoms with Gasteiger partial charge in [0.1, 0.15) is 6.07 Å². The number of nitriles is 1.